The maximum Gasteiger partial charge on any atom is 0.353 e. The third-order valence-electron chi connectivity index (χ3n) is 4.55. The van der Waals surface area contributed by atoms with E-state index in [2.05, 4.69) is 11.7 Å². The number of aromatic nitrogens is 2. The second-order valence-electron chi connectivity index (χ2n) is 6.76. The number of hydrogen-bond acceptors (Lipinski definition) is 6. The summed E-state index contributed by atoms with van der Waals surface area (Å²) in [5, 5.41) is 10.5. The highest BCUT2D eigenvalue weighted by Gasteiger charge is 2.11. The van der Waals surface area contributed by atoms with Gasteiger partial charge in [-0.15, -0.1) is 11.3 Å². The summed E-state index contributed by atoms with van der Waals surface area (Å²) < 4.78 is 29.4. The topological polar surface area (TPSA) is 124 Å². The van der Waals surface area contributed by atoms with E-state index < -0.39 is 16.0 Å². The molecule has 3 N–H and O–H groups in total. The Bertz CT molecular complexity index is 1550. The summed E-state index contributed by atoms with van der Waals surface area (Å²) in [4.78, 5) is 25.4. The zero-order chi connectivity index (χ0) is 22.9. The average Bonchev–Trinajstić information content (AvgIpc) is 3.39. The number of rotatable bonds is 5. The minimum absolute atomic E-state index is 0.0534. The van der Waals surface area contributed by atoms with Gasteiger partial charge in [-0.2, -0.15) is 0 Å². The number of ether oxygens (including phenoxy) is 1. The van der Waals surface area contributed by atoms with Gasteiger partial charge in [0.1, 0.15) is 10.6 Å². The maximum absolute atomic E-state index is 12.9. The van der Waals surface area contributed by atoms with Crippen LogP contribution < -0.4 is 26.0 Å². The Hall–Kier alpha value is -3.73. The number of benzene rings is 2. The van der Waals surface area contributed by atoms with Crippen LogP contribution in [0.5, 0.6) is 5.75 Å². The highest BCUT2D eigenvalue weighted by molar-refractivity contribution is 7.89. The highest BCUT2D eigenvalue weighted by atomic mass is 32.2. The number of esters is 1. The number of carbonyl (C=O) groups is 1. The van der Waals surface area contributed by atoms with Crippen molar-refractivity contribution in [2.24, 2.45) is 5.14 Å². The summed E-state index contributed by atoms with van der Waals surface area (Å²) >= 11 is 1.30. The van der Waals surface area contributed by atoms with E-state index in [1.807, 2.05) is 0 Å². The normalized spacial score (nSPS) is 12.1. The van der Waals surface area contributed by atoms with Crippen LogP contribution in [0, 0.1) is 0 Å². The Balaban J connectivity index is 1.61. The Kier molecular flexibility index (Phi) is 5.66. The number of H-pyrrole nitrogens is 1. The molecule has 0 fully saturated rings. The molecule has 32 heavy (non-hydrogen) atoms. The monoisotopic (exact) mass is 467 g/mol. The van der Waals surface area contributed by atoms with E-state index in [0.29, 0.717) is 32.4 Å². The molecule has 0 aliphatic rings. The summed E-state index contributed by atoms with van der Waals surface area (Å²) in [6, 6.07) is 15.7. The van der Waals surface area contributed by atoms with Crippen molar-refractivity contribution < 1.29 is 17.9 Å². The van der Waals surface area contributed by atoms with E-state index in [1.54, 1.807) is 47.9 Å². The fourth-order valence-corrected chi connectivity index (χ4v) is 4.08. The molecule has 8 nitrogen and oxygen atoms in total. The van der Waals surface area contributed by atoms with Crippen molar-refractivity contribution >= 4 is 40.0 Å². The molecule has 0 aliphatic carbocycles. The first-order valence-corrected chi connectivity index (χ1v) is 11.7. The minimum Gasteiger partial charge on any atom is -0.422 e. The lowest BCUT2D eigenvalue weighted by Crippen LogP contribution is -2.33. The van der Waals surface area contributed by atoms with Gasteiger partial charge in [-0.25, -0.2) is 23.0 Å². The van der Waals surface area contributed by atoms with Crippen LogP contribution in [0.1, 0.15) is 15.2 Å². The number of primary sulfonamides is 1. The van der Waals surface area contributed by atoms with Crippen LogP contribution >= 0.6 is 11.3 Å². The van der Waals surface area contributed by atoms with Crippen molar-refractivity contribution in [1.29, 1.82) is 0 Å². The molecular formula is C22H17N3O5S2. The van der Waals surface area contributed by atoms with Gasteiger partial charge in [0.05, 0.1) is 21.2 Å². The van der Waals surface area contributed by atoms with Gasteiger partial charge in [0.25, 0.3) is 5.56 Å². The maximum atomic E-state index is 12.9. The van der Waals surface area contributed by atoms with Gasteiger partial charge in [0.2, 0.25) is 10.0 Å². The Morgan fingerprint density at radius 2 is 1.78 bits per heavy atom. The summed E-state index contributed by atoms with van der Waals surface area (Å²) in [7, 11) is -3.83. The number of sulfonamides is 1. The van der Waals surface area contributed by atoms with Crippen LogP contribution in [0.15, 0.2) is 75.7 Å². The molecule has 0 aliphatic heterocycles. The number of hydrogen-bond donors (Lipinski definition) is 2. The minimum atomic E-state index is -3.83. The van der Waals surface area contributed by atoms with Crippen molar-refractivity contribution in [1.82, 2.24) is 9.78 Å². The van der Waals surface area contributed by atoms with Crippen LogP contribution in [-0.2, 0) is 10.0 Å². The van der Waals surface area contributed by atoms with E-state index in [0.717, 1.165) is 0 Å². The van der Waals surface area contributed by atoms with E-state index in [1.165, 1.54) is 40.3 Å². The van der Waals surface area contributed by atoms with Crippen LogP contribution in [-0.4, -0.2) is 24.2 Å². The van der Waals surface area contributed by atoms with Gasteiger partial charge in [-0.3, -0.25) is 9.89 Å². The van der Waals surface area contributed by atoms with E-state index in [4.69, 9.17) is 9.88 Å². The molecule has 162 valence electrons. The first-order valence-electron chi connectivity index (χ1n) is 9.23. The molecule has 4 aromatic rings. The first-order chi connectivity index (χ1) is 15.2. The number of thiophene rings is 1. The number of nitrogens with zero attached hydrogens (tertiary/aromatic N) is 1. The van der Waals surface area contributed by atoms with Crippen LogP contribution in [0.3, 0.4) is 0 Å². The molecule has 0 saturated heterocycles. The summed E-state index contributed by atoms with van der Waals surface area (Å²) in [5.41, 5.74) is 0.785. The zero-order valence-corrected chi connectivity index (χ0v) is 18.2. The number of carbonyl (C=O) groups excluding carboxylic acids is 1. The molecule has 2 heterocycles. The Morgan fingerprint density at radius 3 is 2.38 bits per heavy atom. The molecule has 0 spiro atoms. The van der Waals surface area contributed by atoms with Crippen molar-refractivity contribution in [3.63, 3.8) is 0 Å². The Morgan fingerprint density at radius 1 is 1.09 bits per heavy atom. The molecule has 0 saturated carbocycles. The fraction of sp³-hybridized carbons (Fsp3) is 0. The molecule has 0 unspecified atom stereocenters. The van der Waals surface area contributed by atoms with Gasteiger partial charge in [-0.1, -0.05) is 24.8 Å². The molecule has 0 radical (unpaired) electrons. The lowest BCUT2D eigenvalue weighted by Gasteiger charge is -2.03. The van der Waals surface area contributed by atoms with Crippen LogP contribution in [0.4, 0.5) is 0 Å². The van der Waals surface area contributed by atoms with Crippen molar-refractivity contribution in [2.75, 3.05) is 0 Å². The zero-order valence-electron chi connectivity index (χ0n) is 16.5. The average molecular weight is 468 g/mol. The third-order valence-corrected chi connectivity index (χ3v) is 6.33. The SMILES string of the molecule is C=c1[nH]n(-c2ccc(S(N)(=O)=O)cc2)c(=O)/c1=C\c1ccc(OC(=O)c2cccs2)cc1. The molecule has 10 heteroatoms. The number of aromatic amines is 1. The predicted octanol–water partition coefficient (Wildman–Crippen LogP) is 1.33. The second-order valence-corrected chi connectivity index (χ2v) is 9.27. The van der Waals surface area contributed by atoms with E-state index in [-0.39, 0.29) is 10.5 Å². The lowest BCUT2D eigenvalue weighted by molar-refractivity contribution is 0.0740. The summed E-state index contributed by atoms with van der Waals surface area (Å²) in [6.07, 6.45) is 1.65. The molecule has 0 bridgehead atoms. The van der Waals surface area contributed by atoms with Gasteiger partial charge >= 0.3 is 5.97 Å². The van der Waals surface area contributed by atoms with Crippen LogP contribution in [0.25, 0.3) is 18.3 Å². The van der Waals surface area contributed by atoms with Gasteiger partial charge in [0, 0.05) is 0 Å². The third kappa shape index (κ3) is 4.47. The van der Waals surface area contributed by atoms with Crippen molar-refractivity contribution in [3.05, 3.63) is 97.4 Å². The Labute approximate surface area is 186 Å². The highest BCUT2D eigenvalue weighted by Crippen LogP contribution is 2.17. The number of nitrogens with two attached hydrogens (primary N) is 1. The molecular weight excluding hydrogens is 450 g/mol. The van der Waals surface area contributed by atoms with Crippen LogP contribution in [0.2, 0.25) is 0 Å². The van der Waals surface area contributed by atoms with Crippen molar-refractivity contribution in [2.45, 2.75) is 4.90 Å². The largest absolute Gasteiger partial charge is 0.422 e. The summed E-state index contributed by atoms with van der Waals surface area (Å²) in [5.74, 6) is -0.0458. The molecule has 4 rings (SSSR count). The first kappa shape index (κ1) is 21.5. The number of nitrogens with one attached hydrogen (secondary N) is 1. The standard InChI is InChI=1S/C22H17N3O5S2/c1-14-19(21(26)25(24-14)16-6-10-18(11-7-16)32(23,28)29)13-15-4-8-17(9-5-15)30-22(27)20-3-2-12-31-20/h2-13,24H,1H2,(H2,23,28,29)/b19-13-. The van der Waals surface area contributed by atoms with E-state index >= 15 is 0 Å². The molecule has 0 amide bonds. The second kappa shape index (κ2) is 8.42. The van der Waals surface area contributed by atoms with E-state index in [9.17, 15) is 18.0 Å². The van der Waals surface area contributed by atoms with Gasteiger partial charge in [0.15, 0.2) is 0 Å². The predicted molar refractivity (Wildman–Crippen MR) is 122 cm³/mol. The molecule has 2 aromatic heterocycles. The quantitative estimate of drug-likeness (QED) is 0.339. The smallest absolute Gasteiger partial charge is 0.353 e. The molecule has 2 aromatic carbocycles. The summed E-state index contributed by atoms with van der Waals surface area (Å²) in [6.45, 7) is 3.87. The van der Waals surface area contributed by atoms with Gasteiger partial charge < -0.3 is 4.74 Å². The van der Waals surface area contributed by atoms with Crippen molar-refractivity contribution in [3.8, 4) is 11.4 Å². The lowest BCUT2D eigenvalue weighted by atomic mass is 10.2. The molecule has 0 atom stereocenters. The fourth-order valence-electron chi connectivity index (χ4n) is 2.96. The van der Waals surface area contributed by atoms with Gasteiger partial charge in [-0.05, 0) is 59.5 Å².